The van der Waals surface area contributed by atoms with Crippen LogP contribution in [0.15, 0.2) is 63.9 Å². The number of thioether (sulfide) groups is 1. The molecule has 4 rings (SSSR count). The fraction of sp³-hybridized carbons (Fsp3) is 0.227. The van der Waals surface area contributed by atoms with Gasteiger partial charge in [-0.1, -0.05) is 31.2 Å². The minimum Gasteiger partial charge on any atom is -0.452 e. The molecule has 3 aromatic rings. The number of ether oxygens (including phenoxy) is 1. The lowest BCUT2D eigenvalue weighted by Gasteiger charge is -2.22. The van der Waals surface area contributed by atoms with Crippen LogP contribution in [0.2, 0.25) is 0 Å². The maximum atomic E-state index is 12.7. The first-order chi connectivity index (χ1) is 14.1. The van der Waals surface area contributed by atoms with Gasteiger partial charge in [0, 0.05) is 28.8 Å². The molecule has 0 unspecified atom stereocenters. The summed E-state index contributed by atoms with van der Waals surface area (Å²) >= 11 is 1.76. The SMILES string of the molecule is C[C@@H]1CCN(C(=O)COC(=O)/C=C/c2nc3ccccc3o2)c2ccccc2S1. The Bertz CT molecular complexity index is 1040. The van der Waals surface area contributed by atoms with E-state index in [1.165, 1.54) is 12.2 Å². The average Bonchev–Trinajstić information content (AvgIpc) is 3.06. The van der Waals surface area contributed by atoms with Gasteiger partial charge in [0.25, 0.3) is 5.91 Å². The molecule has 29 heavy (non-hydrogen) atoms. The van der Waals surface area contributed by atoms with E-state index in [0.717, 1.165) is 17.0 Å². The Hall–Kier alpha value is -3.06. The van der Waals surface area contributed by atoms with Crippen LogP contribution in [0.4, 0.5) is 5.69 Å². The molecule has 0 N–H and O–H groups in total. The van der Waals surface area contributed by atoms with E-state index in [-0.39, 0.29) is 12.5 Å². The first-order valence-electron chi connectivity index (χ1n) is 9.36. The van der Waals surface area contributed by atoms with Gasteiger partial charge in [-0.25, -0.2) is 9.78 Å². The van der Waals surface area contributed by atoms with Crippen molar-refractivity contribution in [3.8, 4) is 0 Å². The van der Waals surface area contributed by atoms with Crippen LogP contribution in [0.3, 0.4) is 0 Å². The van der Waals surface area contributed by atoms with Crippen molar-refractivity contribution in [2.45, 2.75) is 23.5 Å². The highest BCUT2D eigenvalue weighted by Gasteiger charge is 2.24. The Morgan fingerprint density at radius 3 is 2.90 bits per heavy atom. The number of anilines is 1. The Kier molecular flexibility index (Phi) is 5.67. The number of hydrogen-bond acceptors (Lipinski definition) is 6. The highest BCUT2D eigenvalue weighted by molar-refractivity contribution is 8.00. The molecule has 1 aliphatic heterocycles. The molecule has 148 valence electrons. The minimum atomic E-state index is -0.619. The van der Waals surface area contributed by atoms with Crippen LogP contribution in [0.1, 0.15) is 19.2 Å². The van der Waals surface area contributed by atoms with Crippen molar-refractivity contribution >= 4 is 46.5 Å². The molecule has 7 heteroatoms. The molecule has 0 fully saturated rings. The highest BCUT2D eigenvalue weighted by Crippen LogP contribution is 2.37. The summed E-state index contributed by atoms with van der Waals surface area (Å²) in [5.74, 6) is -0.552. The standard InChI is InChI=1S/C22H20N2O4S/c1-15-12-13-24(17-7-3-5-9-19(17)29-15)21(25)14-27-22(26)11-10-20-23-16-6-2-4-8-18(16)28-20/h2-11,15H,12-14H2,1H3/b11-10+/t15-/m1/s1. The van der Waals surface area contributed by atoms with Crippen molar-refractivity contribution in [3.05, 3.63) is 60.5 Å². The third kappa shape index (κ3) is 4.51. The number of hydrogen-bond donors (Lipinski definition) is 0. The molecule has 6 nitrogen and oxygen atoms in total. The predicted molar refractivity (Wildman–Crippen MR) is 113 cm³/mol. The van der Waals surface area contributed by atoms with E-state index >= 15 is 0 Å². The lowest BCUT2D eigenvalue weighted by atomic mass is 10.2. The molecule has 2 heterocycles. The molecule has 2 aromatic carbocycles. The van der Waals surface area contributed by atoms with Crippen LogP contribution in [0, 0.1) is 0 Å². The van der Waals surface area contributed by atoms with Gasteiger partial charge in [0.2, 0.25) is 5.89 Å². The molecule has 0 radical (unpaired) electrons. The normalized spacial score (nSPS) is 16.6. The van der Waals surface area contributed by atoms with Crippen molar-refractivity contribution in [1.82, 2.24) is 4.98 Å². The number of rotatable bonds is 4. The third-order valence-electron chi connectivity index (χ3n) is 4.55. The van der Waals surface area contributed by atoms with Gasteiger partial charge < -0.3 is 14.1 Å². The van der Waals surface area contributed by atoms with Crippen LogP contribution < -0.4 is 4.90 Å². The summed E-state index contributed by atoms with van der Waals surface area (Å²) in [6, 6.07) is 15.1. The van der Waals surface area contributed by atoms with E-state index in [9.17, 15) is 9.59 Å². The second-order valence-electron chi connectivity index (χ2n) is 6.69. The molecular formula is C22H20N2O4S. The Morgan fingerprint density at radius 2 is 2.03 bits per heavy atom. The first-order valence-corrected chi connectivity index (χ1v) is 10.2. The number of aromatic nitrogens is 1. The summed E-state index contributed by atoms with van der Waals surface area (Å²) in [6.07, 6.45) is 3.52. The summed E-state index contributed by atoms with van der Waals surface area (Å²) < 4.78 is 10.7. The maximum absolute atomic E-state index is 12.7. The van der Waals surface area contributed by atoms with E-state index in [4.69, 9.17) is 9.15 Å². The number of esters is 1. The predicted octanol–water partition coefficient (Wildman–Crippen LogP) is 4.30. The minimum absolute atomic E-state index is 0.240. The van der Waals surface area contributed by atoms with Gasteiger partial charge in [-0.3, -0.25) is 4.79 Å². The van der Waals surface area contributed by atoms with Gasteiger partial charge in [-0.05, 0) is 30.7 Å². The number of carbonyl (C=O) groups is 2. The average molecular weight is 408 g/mol. The maximum Gasteiger partial charge on any atom is 0.331 e. The number of benzene rings is 2. The lowest BCUT2D eigenvalue weighted by Crippen LogP contribution is -2.35. The zero-order valence-electron chi connectivity index (χ0n) is 15.9. The summed E-state index contributed by atoms with van der Waals surface area (Å²) in [4.78, 5) is 31.8. The van der Waals surface area contributed by atoms with Gasteiger partial charge in [-0.15, -0.1) is 11.8 Å². The van der Waals surface area contributed by atoms with E-state index in [0.29, 0.717) is 28.8 Å². The summed E-state index contributed by atoms with van der Waals surface area (Å²) in [5.41, 5.74) is 2.22. The number of fused-ring (bicyclic) bond motifs is 2. The zero-order valence-corrected chi connectivity index (χ0v) is 16.7. The molecule has 0 aliphatic carbocycles. The highest BCUT2D eigenvalue weighted by atomic mass is 32.2. The second-order valence-corrected chi connectivity index (χ2v) is 8.17. The Morgan fingerprint density at radius 1 is 1.24 bits per heavy atom. The molecule has 1 aliphatic rings. The molecular weight excluding hydrogens is 388 g/mol. The van der Waals surface area contributed by atoms with Gasteiger partial charge in [-0.2, -0.15) is 0 Å². The van der Waals surface area contributed by atoms with Crippen LogP contribution >= 0.6 is 11.8 Å². The van der Waals surface area contributed by atoms with E-state index in [1.807, 2.05) is 42.5 Å². The topological polar surface area (TPSA) is 72.6 Å². The van der Waals surface area contributed by atoms with Crippen LogP contribution in [-0.4, -0.2) is 35.3 Å². The Labute approximate surface area is 172 Å². The van der Waals surface area contributed by atoms with Gasteiger partial charge in [0.05, 0.1) is 5.69 Å². The largest absolute Gasteiger partial charge is 0.452 e. The molecule has 0 bridgehead atoms. The van der Waals surface area contributed by atoms with Crippen molar-refractivity contribution in [2.75, 3.05) is 18.1 Å². The fourth-order valence-electron chi connectivity index (χ4n) is 3.11. The number of para-hydroxylation sites is 3. The Balaban J connectivity index is 1.38. The number of carbonyl (C=O) groups excluding carboxylic acids is 2. The molecule has 1 atom stereocenters. The molecule has 1 aromatic heterocycles. The van der Waals surface area contributed by atoms with Gasteiger partial charge in [0.1, 0.15) is 5.52 Å². The number of nitrogens with zero attached hydrogens (tertiary/aromatic N) is 2. The quantitative estimate of drug-likeness (QED) is 0.473. The molecule has 0 spiro atoms. The first kappa shape index (κ1) is 19.3. The molecule has 0 saturated carbocycles. The third-order valence-corrected chi connectivity index (χ3v) is 5.79. The molecule has 0 saturated heterocycles. The molecule has 1 amide bonds. The monoisotopic (exact) mass is 408 g/mol. The number of amides is 1. The van der Waals surface area contributed by atoms with Crippen LogP contribution in [0.25, 0.3) is 17.2 Å². The summed E-state index contributed by atoms with van der Waals surface area (Å²) in [6.45, 7) is 2.43. The van der Waals surface area contributed by atoms with Gasteiger partial charge >= 0.3 is 5.97 Å². The van der Waals surface area contributed by atoms with E-state index < -0.39 is 5.97 Å². The van der Waals surface area contributed by atoms with Gasteiger partial charge in [0.15, 0.2) is 12.2 Å². The zero-order chi connectivity index (χ0) is 20.2. The van der Waals surface area contributed by atoms with E-state index in [1.54, 1.807) is 22.7 Å². The number of oxazole rings is 1. The van der Waals surface area contributed by atoms with Crippen molar-refractivity contribution in [1.29, 1.82) is 0 Å². The lowest BCUT2D eigenvalue weighted by molar-refractivity contribution is -0.142. The van der Waals surface area contributed by atoms with Crippen LogP contribution in [-0.2, 0) is 14.3 Å². The summed E-state index contributed by atoms with van der Waals surface area (Å²) in [5, 5.41) is 0.413. The van der Waals surface area contributed by atoms with Crippen molar-refractivity contribution in [3.63, 3.8) is 0 Å². The summed E-state index contributed by atoms with van der Waals surface area (Å²) in [7, 11) is 0. The smallest absolute Gasteiger partial charge is 0.331 e. The second kappa shape index (κ2) is 8.53. The van der Waals surface area contributed by atoms with E-state index in [2.05, 4.69) is 11.9 Å². The van der Waals surface area contributed by atoms with Crippen LogP contribution in [0.5, 0.6) is 0 Å². The van der Waals surface area contributed by atoms with Crippen molar-refractivity contribution in [2.24, 2.45) is 0 Å². The fourth-order valence-corrected chi connectivity index (χ4v) is 4.22. The van der Waals surface area contributed by atoms with Crippen molar-refractivity contribution < 1.29 is 18.7 Å².